The second-order valence-electron chi connectivity index (χ2n) is 5.05. The summed E-state index contributed by atoms with van der Waals surface area (Å²) in [6.45, 7) is 0.892. The van der Waals surface area contributed by atoms with Crippen molar-refractivity contribution < 1.29 is 17.9 Å². The van der Waals surface area contributed by atoms with E-state index in [-0.39, 0.29) is 15.9 Å². The first kappa shape index (κ1) is 14.9. The number of nitrogens with two attached hydrogens (primary N) is 1. The summed E-state index contributed by atoms with van der Waals surface area (Å²) in [6, 6.07) is 13.0. The molecule has 1 aliphatic heterocycles. The maximum Gasteiger partial charge on any atom is 0.206 e. The van der Waals surface area contributed by atoms with Gasteiger partial charge in [-0.1, -0.05) is 18.2 Å². The van der Waals surface area contributed by atoms with Crippen LogP contribution in [-0.4, -0.2) is 27.7 Å². The third kappa shape index (κ3) is 2.80. The lowest BCUT2D eigenvalue weighted by Crippen LogP contribution is -2.31. The van der Waals surface area contributed by atoms with Gasteiger partial charge in [-0.15, -0.1) is 0 Å². The summed E-state index contributed by atoms with van der Waals surface area (Å²) in [4.78, 5) is 0.450. The number of rotatable bonds is 4. The first-order valence-electron chi connectivity index (χ1n) is 7.05. The van der Waals surface area contributed by atoms with Gasteiger partial charge in [-0.2, -0.15) is 0 Å². The van der Waals surface area contributed by atoms with Crippen LogP contribution in [0.1, 0.15) is 6.42 Å². The SMILES string of the molecule is NCC[C@H]1COc2cc(S(=O)(=O)c3ccccc3)ccc2O1. The lowest BCUT2D eigenvalue weighted by molar-refractivity contribution is 0.0863. The van der Waals surface area contributed by atoms with Crippen LogP contribution in [0.2, 0.25) is 0 Å². The van der Waals surface area contributed by atoms with Crippen molar-refractivity contribution in [1.82, 2.24) is 0 Å². The van der Waals surface area contributed by atoms with E-state index in [1.807, 2.05) is 0 Å². The highest BCUT2D eigenvalue weighted by atomic mass is 32.2. The molecule has 1 heterocycles. The number of hydrogen-bond donors (Lipinski definition) is 1. The van der Waals surface area contributed by atoms with Gasteiger partial charge in [0.25, 0.3) is 0 Å². The van der Waals surface area contributed by atoms with Crippen molar-refractivity contribution in [1.29, 1.82) is 0 Å². The summed E-state index contributed by atoms with van der Waals surface area (Å²) in [5.41, 5.74) is 5.51. The quantitative estimate of drug-likeness (QED) is 0.932. The average molecular weight is 319 g/mol. The van der Waals surface area contributed by atoms with E-state index < -0.39 is 9.84 Å². The molecule has 2 aromatic carbocycles. The number of hydrogen-bond acceptors (Lipinski definition) is 5. The number of fused-ring (bicyclic) bond motifs is 1. The molecule has 0 radical (unpaired) electrons. The fourth-order valence-electron chi connectivity index (χ4n) is 2.33. The van der Waals surface area contributed by atoms with Gasteiger partial charge >= 0.3 is 0 Å². The van der Waals surface area contributed by atoms with Crippen LogP contribution in [0.25, 0.3) is 0 Å². The van der Waals surface area contributed by atoms with E-state index in [1.54, 1.807) is 36.4 Å². The van der Waals surface area contributed by atoms with Crippen LogP contribution in [-0.2, 0) is 9.84 Å². The lowest BCUT2D eigenvalue weighted by Gasteiger charge is -2.26. The topological polar surface area (TPSA) is 78.6 Å². The zero-order valence-electron chi connectivity index (χ0n) is 11.9. The Labute approximate surface area is 129 Å². The molecule has 0 saturated carbocycles. The van der Waals surface area contributed by atoms with Crippen molar-refractivity contribution in [2.45, 2.75) is 22.3 Å². The van der Waals surface area contributed by atoms with Gasteiger partial charge in [0.1, 0.15) is 12.7 Å². The molecule has 0 fully saturated rings. The number of ether oxygens (including phenoxy) is 2. The molecule has 5 nitrogen and oxygen atoms in total. The summed E-state index contributed by atoms with van der Waals surface area (Å²) in [5, 5.41) is 0. The van der Waals surface area contributed by atoms with Crippen LogP contribution in [0.15, 0.2) is 58.3 Å². The van der Waals surface area contributed by atoms with Crippen molar-refractivity contribution in [3.05, 3.63) is 48.5 Å². The molecule has 0 aromatic heterocycles. The zero-order chi connectivity index (χ0) is 15.6. The summed E-state index contributed by atoms with van der Waals surface area (Å²) in [5.74, 6) is 1.00. The van der Waals surface area contributed by atoms with E-state index >= 15 is 0 Å². The second kappa shape index (κ2) is 5.98. The minimum Gasteiger partial charge on any atom is -0.486 e. The molecule has 22 heavy (non-hydrogen) atoms. The summed E-state index contributed by atoms with van der Waals surface area (Å²) in [7, 11) is -3.55. The molecule has 3 rings (SSSR count). The Balaban J connectivity index is 1.92. The molecule has 0 spiro atoms. The molecule has 0 saturated heterocycles. The van der Waals surface area contributed by atoms with Crippen LogP contribution in [0.3, 0.4) is 0 Å². The molecular weight excluding hydrogens is 302 g/mol. The molecule has 116 valence electrons. The molecule has 1 atom stereocenters. The van der Waals surface area contributed by atoms with Gasteiger partial charge in [0.15, 0.2) is 11.5 Å². The van der Waals surface area contributed by atoms with E-state index in [9.17, 15) is 8.42 Å². The molecule has 0 unspecified atom stereocenters. The van der Waals surface area contributed by atoms with Gasteiger partial charge in [0.05, 0.1) is 9.79 Å². The monoisotopic (exact) mass is 319 g/mol. The molecule has 0 amide bonds. The van der Waals surface area contributed by atoms with Gasteiger partial charge in [-0.3, -0.25) is 0 Å². The number of sulfone groups is 1. The van der Waals surface area contributed by atoms with Crippen molar-refractivity contribution in [3.8, 4) is 11.5 Å². The van der Waals surface area contributed by atoms with Crippen LogP contribution in [0, 0.1) is 0 Å². The Hall–Kier alpha value is -2.05. The fraction of sp³-hybridized carbons (Fsp3) is 0.250. The van der Waals surface area contributed by atoms with E-state index in [1.165, 1.54) is 12.1 Å². The highest BCUT2D eigenvalue weighted by Gasteiger charge is 2.24. The summed E-state index contributed by atoms with van der Waals surface area (Å²) in [6.07, 6.45) is 0.609. The van der Waals surface area contributed by atoms with E-state index in [2.05, 4.69) is 0 Å². The first-order valence-corrected chi connectivity index (χ1v) is 8.53. The Morgan fingerprint density at radius 2 is 1.82 bits per heavy atom. The van der Waals surface area contributed by atoms with Crippen LogP contribution in [0.5, 0.6) is 11.5 Å². The average Bonchev–Trinajstić information content (AvgIpc) is 2.55. The summed E-state index contributed by atoms with van der Waals surface area (Å²) < 4.78 is 36.5. The first-order chi connectivity index (χ1) is 10.6. The predicted molar refractivity (Wildman–Crippen MR) is 81.9 cm³/mol. The minimum atomic E-state index is -3.55. The van der Waals surface area contributed by atoms with E-state index in [4.69, 9.17) is 15.2 Å². The highest BCUT2D eigenvalue weighted by molar-refractivity contribution is 7.91. The smallest absolute Gasteiger partial charge is 0.206 e. The Kier molecular flexibility index (Phi) is 4.04. The van der Waals surface area contributed by atoms with E-state index in [0.29, 0.717) is 31.1 Å². The van der Waals surface area contributed by atoms with Gasteiger partial charge in [-0.05, 0) is 37.2 Å². The molecule has 2 N–H and O–H groups in total. The second-order valence-corrected chi connectivity index (χ2v) is 7.00. The van der Waals surface area contributed by atoms with Crippen LogP contribution >= 0.6 is 0 Å². The molecule has 1 aliphatic rings. The number of benzene rings is 2. The molecule has 0 bridgehead atoms. The normalized spacial score (nSPS) is 17.2. The minimum absolute atomic E-state index is 0.0888. The third-order valence-corrected chi connectivity index (χ3v) is 5.25. The molecular formula is C16H17NO4S. The maximum absolute atomic E-state index is 12.6. The highest BCUT2D eigenvalue weighted by Crippen LogP contribution is 2.35. The lowest BCUT2D eigenvalue weighted by atomic mass is 10.2. The van der Waals surface area contributed by atoms with Crippen molar-refractivity contribution in [2.24, 2.45) is 5.73 Å². The van der Waals surface area contributed by atoms with Crippen LogP contribution in [0.4, 0.5) is 0 Å². The van der Waals surface area contributed by atoms with Gasteiger partial charge in [-0.25, -0.2) is 8.42 Å². The molecule has 0 aliphatic carbocycles. The standard InChI is InChI=1S/C16H17NO4S/c17-9-8-12-11-20-16-10-14(6-7-15(16)21-12)22(18,19)13-4-2-1-3-5-13/h1-7,10,12H,8-9,11,17H2/t12-/m0/s1. The largest absolute Gasteiger partial charge is 0.486 e. The Morgan fingerprint density at radius 1 is 1.05 bits per heavy atom. The maximum atomic E-state index is 12.6. The zero-order valence-corrected chi connectivity index (χ0v) is 12.8. The fourth-order valence-corrected chi connectivity index (χ4v) is 3.62. The van der Waals surface area contributed by atoms with Gasteiger partial charge in [0.2, 0.25) is 9.84 Å². The Bertz CT molecular complexity index is 759. The van der Waals surface area contributed by atoms with E-state index in [0.717, 1.165) is 0 Å². The Morgan fingerprint density at radius 3 is 2.55 bits per heavy atom. The summed E-state index contributed by atoms with van der Waals surface area (Å²) >= 11 is 0. The molecule has 6 heteroatoms. The predicted octanol–water partition coefficient (Wildman–Crippen LogP) is 2.01. The van der Waals surface area contributed by atoms with Crippen molar-refractivity contribution >= 4 is 9.84 Å². The van der Waals surface area contributed by atoms with Crippen molar-refractivity contribution in [2.75, 3.05) is 13.2 Å². The van der Waals surface area contributed by atoms with Crippen molar-refractivity contribution in [3.63, 3.8) is 0 Å². The third-order valence-electron chi connectivity index (χ3n) is 3.49. The van der Waals surface area contributed by atoms with Gasteiger partial charge in [0, 0.05) is 6.07 Å². The van der Waals surface area contributed by atoms with Gasteiger partial charge < -0.3 is 15.2 Å². The van der Waals surface area contributed by atoms with Crippen LogP contribution < -0.4 is 15.2 Å². The molecule has 2 aromatic rings.